The number of hydrogen-bond donors (Lipinski definition) is 2. The smallest absolute Gasteiger partial charge is 0.262 e. The molecule has 1 heterocycles. The molecule has 2 N–H and O–H groups in total. The van der Waals surface area contributed by atoms with E-state index >= 15 is 0 Å². The molecule has 0 aromatic heterocycles. The topological polar surface area (TPSA) is 78.5 Å². The third kappa shape index (κ3) is 3.94. The molecule has 1 atom stereocenters. The van der Waals surface area contributed by atoms with Crippen LogP contribution in [0.15, 0.2) is 24.3 Å². The Kier molecular flexibility index (Phi) is 7.38. The van der Waals surface area contributed by atoms with Crippen molar-refractivity contribution >= 4 is 30.1 Å². The molecule has 1 aromatic carbocycles. The van der Waals surface area contributed by atoms with Crippen LogP contribution < -0.4 is 10.6 Å². The average molecular weight is 354 g/mol. The SMILES string of the molecule is CNCCCNC(=O)C(C(C)C)N1C(=O)c2ccccc2C1=O.Cl. The van der Waals surface area contributed by atoms with Gasteiger partial charge in [-0.1, -0.05) is 26.0 Å². The number of fused-ring (bicyclic) bond motifs is 1. The van der Waals surface area contributed by atoms with Gasteiger partial charge in [0.1, 0.15) is 6.04 Å². The number of rotatable bonds is 7. The number of benzene rings is 1. The lowest BCUT2D eigenvalue weighted by Crippen LogP contribution is -2.52. The Morgan fingerprint density at radius 1 is 1.08 bits per heavy atom. The number of nitrogens with zero attached hydrogens (tertiary/aromatic N) is 1. The fourth-order valence-electron chi connectivity index (χ4n) is 2.76. The predicted molar refractivity (Wildman–Crippen MR) is 94.4 cm³/mol. The van der Waals surface area contributed by atoms with E-state index in [1.54, 1.807) is 24.3 Å². The summed E-state index contributed by atoms with van der Waals surface area (Å²) >= 11 is 0. The molecule has 1 aromatic rings. The van der Waals surface area contributed by atoms with Crippen molar-refractivity contribution in [1.29, 1.82) is 0 Å². The minimum atomic E-state index is -0.794. The Labute approximate surface area is 148 Å². The van der Waals surface area contributed by atoms with Crippen LogP contribution in [0.25, 0.3) is 0 Å². The van der Waals surface area contributed by atoms with Gasteiger partial charge in [-0.25, -0.2) is 0 Å². The van der Waals surface area contributed by atoms with E-state index < -0.39 is 17.9 Å². The second kappa shape index (κ2) is 8.80. The van der Waals surface area contributed by atoms with Crippen LogP contribution in [0.1, 0.15) is 41.0 Å². The molecule has 0 spiro atoms. The first-order valence-corrected chi connectivity index (χ1v) is 7.88. The lowest BCUT2D eigenvalue weighted by atomic mass is 10.0. The summed E-state index contributed by atoms with van der Waals surface area (Å²) in [6.07, 6.45) is 0.787. The van der Waals surface area contributed by atoms with E-state index in [1.165, 1.54) is 0 Å². The average Bonchev–Trinajstić information content (AvgIpc) is 2.77. The van der Waals surface area contributed by atoms with Gasteiger partial charge >= 0.3 is 0 Å². The molecule has 3 amide bonds. The van der Waals surface area contributed by atoms with Crippen LogP contribution in [-0.4, -0.2) is 48.8 Å². The van der Waals surface area contributed by atoms with Crippen molar-refractivity contribution in [2.24, 2.45) is 5.92 Å². The number of carbonyl (C=O) groups is 3. The fraction of sp³-hybridized carbons (Fsp3) is 0.471. The normalized spacial score (nSPS) is 14.4. The zero-order chi connectivity index (χ0) is 17.0. The molecule has 1 unspecified atom stereocenters. The molecule has 0 aliphatic carbocycles. The highest BCUT2D eigenvalue weighted by molar-refractivity contribution is 6.22. The van der Waals surface area contributed by atoms with Crippen LogP contribution in [-0.2, 0) is 4.79 Å². The van der Waals surface area contributed by atoms with Crippen molar-refractivity contribution in [2.45, 2.75) is 26.3 Å². The summed E-state index contributed by atoms with van der Waals surface area (Å²) in [6, 6.07) is 5.89. The fourth-order valence-corrected chi connectivity index (χ4v) is 2.76. The van der Waals surface area contributed by atoms with Crippen molar-refractivity contribution in [3.8, 4) is 0 Å². The molecule has 2 rings (SSSR count). The van der Waals surface area contributed by atoms with E-state index in [0.29, 0.717) is 17.7 Å². The predicted octanol–water partition coefficient (Wildman–Crippen LogP) is 1.45. The third-order valence-electron chi connectivity index (χ3n) is 3.91. The zero-order valence-electron chi connectivity index (χ0n) is 14.2. The summed E-state index contributed by atoms with van der Waals surface area (Å²) in [6.45, 7) is 4.97. The van der Waals surface area contributed by atoms with E-state index in [4.69, 9.17) is 0 Å². The van der Waals surface area contributed by atoms with Crippen LogP contribution in [0.2, 0.25) is 0 Å². The Morgan fingerprint density at radius 2 is 1.62 bits per heavy atom. The maximum absolute atomic E-state index is 12.5. The van der Waals surface area contributed by atoms with Gasteiger partial charge in [-0.3, -0.25) is 19.3 Å². The standard InChI is InChI=1S/C17H23N3O3.ClH/c1-11(2)14(15(21)19-10-6-9-18-3)20-16(22)12-7-4-5-8-13(12)17(20)23;/h4-5,7-8,11,14,18H,6,9-10H2,1-3H3,(H,19,21);1H. The summed E-state index contributed by atoms with van der Waals surface area (Å²) in [5, 5.41) is 5.82. The number of nitrogens with one attached hydrogen (secondary N) is 2. The lowest BCUT2D eigenvalue weighted by Gasteiger charge is -2.28. The molecule has 6 nitrogen and oxygen atoms in total. The molecule has 1 aliphatic heterocycles. The summed E-state index contributed by atoms with van der Waals surface area (Å²) in [5.74, 6) is -1.24. The quantitative estimate of drug-likeness (QED) is 0.574. The van der Waals surface area contributed by atoms with Crippen LogP contribution in [0.5, 0.6) is 0 Å². The van der Waals surface area contributed by atoms with Crippen molar-refractivity contribution in [3.05, 3.63) is 35.4 Å². The summed E-state index contributed by atoms with van der Waals surface area (Å²) < 4.78 is 0. The largest absolute Gasteiger partial charge is 0.354 e. The monoisotopic (exact) mass is 353 g/mol. The van der Waals surface area contributed by atoms with E-state index in [9.17, 15) is 14.4 Å². The molecule has 7 heteroatoms. The number of hydrogen-bond acceptors (Lipinski definition) is 4. The van der Waals surface area contributed by atoms with E-state index in [1.807, 2.05) is 20.9 Å². The van der Waals surface area contributed by atoms with Crippen LogP contribution >= 0.6 is 12.4 Å². The van der Waals surface area contributed by atoms with Gasteiger partial charge in [-0.2, -0.15) is 0 Å². The van der Waals surface area contributed by atoms with Gasteiger partial charge in [0.2, 0.25) is 5.91 Å². The van der Waals surface area contributed by atoms with Crippen molar-refractivity contribution in [2.75, 3.05) is 20.1 Å². The third-order valence-corrected chi connectivity index (χ3v) is 3.91. The zero-order valence-corrected chi connectivity index (χ0v) is 15.0. The summed E-state index contributed by atoms with van der Waals surface area (Å²) in [5.41, 5.74) is 0.734. The summed E-state index contributed by atoms with van der Waals surface area (Å²) in [4.78, 5) is 38.7. The van der Waals surface area contributed by atoms with E-state index in [2.05, 4.69) is 10.6 Å². The molecule has 0 saturated heterocycles. The first-order valence-electron chi connectivity index (χ1n) is 7.88. The minimum absolute atomic E-state index is 0. The van der Waals surface area contributed by atoms with Gasteiger partial charge in [0.05, 0.1) is 11.1 Å². The van der Waals surface area contributed by atoms with E-state index in [0.717, 1.165) is 17.9 Å². The number of halogens is 1. The highest BCUT2D eigenvalue weighted by atomic mass is 35.5. The molecule has 0 fully saturated rings. The van der Waals surface area contributed by atoms with Gasteiger partial charge < -0.3 is 10.6 Å². The number of carbonyl (C=O) groups excluding carboxylic acids is 3. The van der Waals surface area contributed by atoms with Crippen LogP contribution in [0.3, 0.4) is 0 Å². The number of imide groups is 1. The van der Waals surface area contributed by atoms with Gasteiger partial charge in [-0.05, 0) is 38.1 Å². The van der Waals surface area contributed by atoms with Crippen molar-refractivity contribution in [3.63, 3.8) is 0 Å². The molecule has 24 heavy (non-hydrogen) atoms. The molecular weight excluding hydrogens is 330 g/mol. The van der Waals surface area contributed by atoms with Gasteiger partial charge in [0.25, 0.3) is 11.8 Å². The maximum atomic E-state index is 12.5. The molecule has 132 valence electrons. The molecular formula is C17H24ClN3O3. The maximum Gasteiger partial charge on any atom is 0.262 e. The molecule has 0 saturated carbocycles. The van der Waals surface area contributed by atoms with Crippen molar-refractivity contribution in [1.82, 2.24) is 15.5 Å². The van der Waals surface area contributed by atoms with E-state index in [-0.39, 0.29) is 24.2 Å². The second-order valence-corrected chi connectivity index (χ2v) is 5.96. The van der Waals surface area contributed by atoms with Crippen molar-refractivity contribution < 1.29 is 14.4 Å². The molecule has 1 aliphatic rings. The highest BCUT2D eigenvalue weighted by Gasteiger charge is 2.43. The minimum Gasteiger partial charge on any atom is -0.354 e. The highest BCUT2D eigenvalue weighted by Crippen LogP contribution is 2.27. The Hall–Kier alpha value is -1.92. The Morgan fingerprint density at radius 3 is 2.08 bits per heavy atom. The Bertz CT molecular complexity index is 584. The van der Waals surface area contributed by atoms with Gasteiger partial charge in [0.15, 0.2) is 0 Å². The Balaban J connectivity index is 0.00000288. The molecule has 0 bridgehead atoms. The van der Waals surface area contributed by atoms with Gasteiger partial charge in [0, 0.05) is 6.54 Å². The number of amides is 3. The molecule has 0 radical (unpaired) electrons. The van der Waals surface area contributed by atoms with Crippen LogP contribution in [0.4, 0.5) is 0 Å². The van der Waals surface area contributed by atoms with Crippen LogP contribution in [0, 0.1) is 5.92 Å². The first kappa shape index (κ1) is 20.1. The first-order chi connectivity index (χ1) is 11.0. The summed E-state index contributed by atoms with van der Waals surface area (Å²) in [7, 11) is 1.84. The lowest BCUT2D eigenvalue weighted by molar-refractivity contribution is -0.126. The van der Waals surface area contributed by atoms with Gasteiger partial charge in [-0.15, -0.1) is 12.4 Å². The second-order valence-electron chi connectivity index (χ2n) is 5.96.